The fraction of sp³-hybridized carbons (Fsp3) is 0.0909. The summed E-state index contributed by atoms with van der Waals surface area (Å²) in [4.78, 5) is 19.1. The van der Waals surface area contributed by atoms with Crippen molar-refractivity contribution < 1.29 is 27.1 Å². The molecule has 0 radical (unpaired) electrons. The first kappa shape index (κ1) is 20.4. The number of alkyl halides is 3. The van der Waals surface area contributed by atoms with Crippen molar-refractivity contribution in [2.45, 2.75) is 12.8 Å². The van der Waals surface area contributed by atoms with E-state index in [-0.39, 0.29) is 12.3 Å². The van der Waals surface area contributed by atoms with Crippen molar-refractivity contribution in [1.29, 1.82) is 0 Å². The summed E-state index contributed by atoms with van der Waals surface area (Å²) in [5.74, 6) is -0.984. The Morgan fingerprint density at radius 1 is 1.10 bits per heavy atom. The minimum Gasteiger partial charge on any atom is -0.489 e. The predicted molar refractivity (Wildman–Crippen MR) is 106 cm³/mol. The van der Waals surface area contributed by atoms with Gasteiger partial charge in [-0.1, -0.05) is 12.1 Å². The van der Waals surface area contributed by atoms with Crippen LogP contribution in [-0.4, -0.2) is 15.9 Å². The summed E-state index contributed by atoms with van der Waals surface area (Å²) in [6, 6.07) is 12.3. The van der Waals surface area contributed by atoms with Crippen molar-refractivity contribution in [1.82, 2.24) is 9.97 Å². The van der Waals surface area contributed by atoms with Gasteiger partial charge < -0.3 is 15.0 Å². The second kappa shape index (κ2) is 8.10. The smallest absolute Gasteiger partial charge is 0.416 e. The lowest BCUT2D eigenvalue weighted by atomic mass is 10.1. The van der Waals surface area contributed by atoms with Crippen molar-refractivity contribution in [3.05, 3.63) is 89.6 Å². The largest absolute Gasteiger partial charge is 0.489 e. The number of ether oxygens (including phenoxy) is 1. The van der Waals surface area contributed by atoms with E-state index in [1.165, 1.54) is 24.4 Å². The number of halogens is 4. The second-order valence-corrected chi connectivity index (χ2v) is 6.68. The van der Waals surface area contributed by atoms with Crippen LogP contribution in [-0.2, 0) is 12.8 Å². The van der Waals surface area contributed by atoms with E-state index in [1.54, 1.807) is 24.4 Å². The van der Waals surface area contributed by atoms with E-state index < -0.39 is 23.5 Å². The van der Waals surface area contributed by atoms with E-state index in [1.807, 2.05) is 0 Å². The number of carbonyl (C=O) groups is 1. The summed E-state index contributed by atoms with van der Waals surface area (Å²) in [5, 5.41) is 3.23. The van der Waals surface area contributed by atoms with Crippen molar-refractivity contribution in [2.24, 2.45) is 0 Å². The summed E-state index contributed by atoms with van der Waals surface area (Å²) in [7, 11) is 0. The average Bonchev–Trinajstić information content (AvgIpc) is 3.14. The Morgan fingerprint density at radius 3 is 2.58 bits per heavy atom. The maximum absolute atomic E-state index is 13.8. The molecule has 4 aromatic rings. The molecule has 9 heteroatoms. The van der Waals surface area contributed by atoms with Gasteiger partial charge in [0.2, 0.25) is 0 Å². The first-order chi connectivity index (χ1) is 14.8. The molecule has 1 amide bonds. The molecule has 0 aliphatic heterocycles. The minimum absolute atomic E-state index is 0.0644. The summed E-state index contributed by atoms with van der Waals surface area (Å²) < 4.78 is 57.4. The Hall–Kier alpha value is -3.88. The highest BCUT2D eigenvalue weighted by molar-refractivity contribution is 6.08. The van der Waals surface area contributed by atoms with Crippen LogP contribution in [0.4, 0.5) is 23.2 Å². The molecule has 158 valence electrons. The number of fused-ring (bicyclic) bond motifs is 1. The fourth-order valence-corrected chi connectivity index (χ4v) is 2.98. The summed E-state index contributed by atoms with van der Waals surface area (Å²) in [6.45, 7) is 0.0644. The van der Waals surface area contributed by atoms with E-state index >= 15 is 0 Å². The molecule has 4 rings (SSSR count). The van der Waals surface area contributed by atoms with E-state index in [2.05, 4.69) is 15.3 Å². The van der Waals surface area contributed by atoms with Crippen LogP contribution in [0, 0.1) is 5.82 Å². The normalized spacial score (nSPS) is 11.5. The van der Waals surface area contributed by atoms with Gasteiger partial charge in [0.1, 0.15) is 12.4 Å². The summed E-state index contributed by atoms with van der Waals surface area (Å²) in [5.41, 5.74) is 0.631. The summed E-state index contributed by atoms with van der Waals surface area (Å²) >= 11 is 0. The molecule has 0 saturated carbocycles. The van der Waals surface area contributed by atoms with Gasteiger partial charge in [0.05, 0.1) is 11.3 Å². The van der Waals surface area contributed by atoms with Crippen LogP contribution in [0.2, 0.25) is 0 Å². The van der Waals surface area contributed by atoms with E-state index in [4.69, 9.17) is 4.74 Å². The number of H-pyrrole nitrogens is 1. The number of amides is 1. The SMILES string of the molecule is O=C(Nc1c[nH]c2ccc(OCc3ccc(C(F)(F)F)cc3)cc12)c1ncccc1F. The molecule has 0 aliphatic rings. The zero-order valence-corrected chi connectivity index (χ0v) is 15.8. The van der Waals surface area contributed by atoms with Gasteiger partial charge in [0.25, 0.3) is 5.91 Å². The van der Waals surface area contributed by atoms with Crippen molar-refractivity contribution >= 4 is 22.5 Å². The number of pyridine rings is 1. The standard InChI is InChI=1S/C22H15F4N3O2/c23-17-2-1-9-27-20(17)21(30)29-19-11-28-18-8-7-15(10-16(18)19)31-12-13-3-5-14(6-4-13)22(24,25)26/h1-11,28H,12H2,(H,29,30). The molecule has 5 nitrogen and oxygen atoms in total. The third-order valence-corrected chi connectivity index (χ3v) is 4.56. The lowest BCUT2D eigenvalue weighted by Gasteiger charge is -2.10. The van der Waals surface area contributed by atoms with Gasteiger partial charge in [0, 0.05) is 23.3 Å². The van der Waals surface area contributed by atoms with Crippen LogP contribution in [0.15, 0.2) is 67.0 Å². The van der Waals surface area contributed by atoms with Gasteiger partial charge >= 0.3 is 6.18 Å². The average molecular weight is 429 g/mol. The first-order valence-corrected chi connectivity index (χ1v) is 9.13. The van der Waals surface area contributed by atoms with Crippen molar-refractivity contribution in [2.75, 3.05) is 5.32 Å². The Labute approximate surface area is 173 Å². The number of rotatable bonds is 5. The number of aromatic nitrogens is 2. The van der Waals surface area contributed by atoms with Crippen LogP contribution in [0.3, 0.4) is 0 Å². The highest BCUT2D eigenvalue weighted by Gasteiger charge is 2.29. The molecule has 0 spiro atoms. The quantitative estimate of drug-likeness (QED) is 0.409. The Kier molecular flexibility index (Phi) is 5.33. The number of hydrogen-bond donors (Lipinski definition) is 2. The monoisotopic (exact) mass is 429 g/mol. The Balaban J connectivity index is 1.49. The predicted octanol–water partition coefficient (Wildman–Crippen LogP) is 5.55. The van der Waals surface area contributed by atoms with Crippen molar-refractivity contribution in [3.8, 4) is 5.75 Å². The molecule has 31 heavy (non-hydrogen) atoms. The molecule has 0 unspecified atom stereocenters. The molecule has 2 N–H and O–H groups in total. The third kappa shape index (κ3) is 4.50. The summed E-state index contributed by atoms with van der Waals surface area (Å²) in [6.07, 6.45) is -1.51. The zero-order chi connectivity index (χ0) is 22.0. The van der Waals surface area contributed by atoms with E-state index in [0.717, 1.165) is 18.2 Å². The molecule has 0 fully saturated rings. The molecule has 2 heterocycles. The number of nitrogens with one attached hydrogen (secondary N) is 2. The van der Waals surface area contributed by atoms with Crippen LogP contribution in [0.25, 0.3) is 10.9 Å². The molecular formula is C22H15F4N3O2. The van der Waals surface area contributed by atoms with Gasteiger partial charge in [-0.2, -0.15) is 13.2 Å². The Bertz CT molecular complexity index is 1230. The first-order valence-electron chi connectivity index (χ1n) is 9.13. The van der Waals surface area contributed by atoms with E-state index in [9.17, 15) is 22.4 Å². The molecule has 0 bridgehead atoms. The second-order valence-electron chi connectivity index (χ2n) is 6.68. The topological polar surface area (TPSA) is 67.0 Å². The van der Waals surface area contributed by atoms with Gasteiger partial charge in [-0.25, -0.2) is 9.37 Å². The number of anilines is 1. The van der Waals surface area contributed by atoms with Crippen LogP contribution < -0.4 is 10.1 Å². The Morgan fingerprint density at radius 2 is 1.87 bits per heavy atom. The highest BCUT2D eigenvalue weighted by Crippen LogP contribution is 2.30. The highest BCUT2D eigenvalue weighted by atomic mass is 19.4. The van der Waals surface area contributed by atoms with Gasteiger partial charge in [-0.15, -0.1) is 0 Å². The van der Waals surface area contributed by atoms with Gasteiger partial charge in [-0.3, -0.25) is 4.79 Å². The molecule has 2 aromatic carbocycles. The number of benzene rings is 2. The number of aromatic amines is 1. The minimum atomic E-state index is -4.39. The maximum Gasteiger partial charge on any atom is 0.416 e. The van der Waals surface area contributed by atoms with Crippen LogP contribution in [0.5, 0.6) is 5.75 Å². The van der Waals surface area contributed by atoms with Crippen LogP contribution in [0.1, 0.15) is 21.6 Å². The third-order valence-electron chi connectivity index (χ3n) is 4.56. The lowest BCUT2D eigenvalue weighted by Crippen LogP contribution is -2.15. The fourth-order valence-electron chi connectivity index (χ4n) is 2.98. The number of carbonyl (C=O) groups excluding carboxylic acids is 1. The zero-order valence-electron chi connectivity index (χ0n) is 15.8. The molecule has 2 aromatic heterocycles. The molecule has 0 atom stereocenters. The number of nitrogens with zero attached hydrogens (tertiary/aromatic N) is 1. The number of hydrogen-bond acceptors (Lipinski definition) is 3. The molecule has 0 saturated heterocycles. The van der Waals surface area contributed by atoms with Gasteiger partial charge in [0.15, 0.2) is 11.5 Å². The molecule has 0 aliphatic carbocycles. The van der Waals surface area contributed by atoms with E-state index in [0.29, 0.717) is 27.9 Å². The lowest BCUT2D eigenvalue weighted by molar-refractivity contribution is -0.137. The van der Waals surface area contributed by atoms with Crippen LogP contribution >= 0.6 is 0 Å². The molecular weight excluding hydrogens is 414 g/mol. The maximum atomic E-state index is 13.8. The van der Waals surface area contributed by atoms with Gasteiger partial charge in [-0.05, 0) is 48.0 Å². The van der Waals surface area contributed by atoms with Crippen molar-refractivity contribution in [3.63, 3.8) is 0 Å².